The Morgan fingerprint density at radius 2 is 2.06 bits per heavy atom. The smallest absolute Gasteiger partial charge is 0.250 e. The Kier molecular flexibility index (Phi) is 8.23. The molecule has 1 aliphatic rings. The maximum atomic E-state index is 12.2. The molecule has 3 aromatic rings. The molecule has 0 radical (unpaired) electrons. The largest absolute Gasteiger partial charge is 0.372 e. The van der Waals surface area contributed by atoms with Gasteiger partial charge >= 0.3 is 0 Å². The van der Waals surface area contributed by atoms with Crippen LogP contribution in [0.25, 0.3) is 10.9 Å². The fourth-order valence-corrected chi connectivity index (χ4v) is 4.83. The predicted molar refractivity (Wildman–Crippen MR) is 139 cm³/mol. The average Bonchev–Trinajstić information content (AvgIpc) is 3.18. The van der Waals surface area contributed by atoms with E-state index in [4.69, 9.17) is 4.74 Å². The van der Waals surface area contributed by atoms with Crippen LogP contribution in [-0.2, 0) is 22.4 Å². The number of hydrogen-bond acceptors (Lipinski definition) is 3. The van der Waals surface area contributed by atoms with Crippen molar-refractivity contribution in [1.29, 1.82) is 0 Å². The number of halogens is 1. The molecular formula is C27H34BrN3O2. The number of aromatic nitrogens is 1. The van der Waals surface area contributed by atoms with E-state index in [0.717, 1.165) is 47.9 Å². The van der Waals surface area contributed by atoms with Gasteiger partial charge in [-0.05, 0) is 86.5 Å². The predicted octanol–water partition coefficient (Wildman–Crippen LogP) is 6.14. The van der Waals surface area contributed by atoms with E-state index in [2.05, 4.69) is 81.8 Å². The van der Waals surface area contributed by atoms with E-state index >= 15 is 0 Å². The van der Waals surface area contributed by atoms with Crippen molar-refractivity contribution in [1.82, 2.24) is 10.3 Å². The molecule has 5 nitrogen and oxygen atoms in total. The quantitative estimate of drug-likeness (QED) is 0.286. The number of aromatic amines is 1. The van der Waals surface area contributed by atoms with Gasteiger partial charge in [0.15, 0.2) is 0 Å². The molecular weight excluding hydrogens is 478 g/mol. The molecule has 0 fully saturated rings. The molecule has 0 saturated heterocycles. The molecule has 0 aliphatic heterocycles. The first-order chi connectivity index (χ1) is 16.0. The van der Waals surface area contributed by atoms with Crippen LogP contribution >= 0.6 is 15.9 Å². The van der Waals surface area contributed by atoms with Crippen LogP contribution in [0.5, 0.6) is 0 Å². The van der Waals surface area contributed by atoms with Crippen molar-refractivity contribution in [2.45, 2.75) is 52.0 Å². The minimum Gasteiger partial charge on any atom is -0.372 e. The highest BCUT2D eigenvalue weighted by molar-refractivity contribution is 9.10. The highest BCUT2D eigenvalue weighted by Gasteiger charge is 2.23. The molecule has 33 heavy (non-hydrogen) atoms. The fourth-order valence-electron chi connectivity index (χ4n) is 4.56. The van der Waals surface area contributed by atoms with Crippen LogP contribution in [0.4, 0.5) is 5.69 Å². The van der Waals surface area contributed by atoms with Gasteiger partial charge in [0, 0.05) is 39.4 Å². The standard InChI is InChI=1S/C27H34BrN3O2/c1-3-4-13-33-17-27(32)30-22-10-12-26-24(15-22)23-14-19(5-11-25(23)31-26)16-29-18(2)20-6-8-21(28)9-7-20/h6-10,12,15,18-19,29,31H,3-5,11,13-14,16-17H2,1-2H3,(H,30,32). The van der Waals surface area contributed by atoms with Crippen molar-refractivity contribution in [3.63, 3.8) is 0 Å². The molecule has 1 heterocycles. The van der Waals surface area contributed by atoms with Crippen LogP contribution in [-0.4, -0.2) is 30.6 Å². The number of rotatable bonds is 10. The highest BCUT2D eigenvalue weighted by Crippen LogP contribution is 2.33. The third kappa shape index (κ3) is 6.25. The van der Waals surface area contributed by atoms with Gasteiger partial charge in [0.05, 0.1) is 0 Å². The Labute approximate surface area is 204 Å². The normalized spacial score (nSPS) is 16.5. The van der Waals surface area contributed by atoms with Gasteiger partial charge in [-0.2, -0.15) is 0 Å². The van der Waals surface area contributed by atoms with Crippen molar-refractivity contribution in [2.24, 2.45) is 5.92 Å². The van der Waals surface area contributed by atoms with Gasteiger partial charge in [-0.3, -0.25) is 4.79 Å². The zero-order chi connectivity index (χ0) is 23.2. The van der Waals surface area contributed by atoms with Crippen LogP contribution in [0.1, 0.15) is 56.0 Å². The Morgan fingerprint density at radius 1 is 1.24 bits per heavy atom. The summed E-state index contributed by atoms with van der Waals surface area (Å²) in [6.45, 7) is 6.07. The van der Waals surface area contributed by atoms with E-state index in [-0.39, 0.29) is 12.5 Å². The van der Waals surface area contributed by atoms with Crippen molar-refractivity contribution in [3.05, 3.63) is 63.8 Å². The number of benzene rings is 2. The summed E-state index contributed by atoms with van der Waals surface area (Å²) in [6, 6.07) is 15.0. The summed E-state index contributed by atoms with van der Waals surface area (Å²) in [5, 5.41) is 7.94. The van der Waals surface area contributed by atoms with Crippen LogP contribution < -0.4 is 10.6 Å². The van der Waals surface area contributed by atoms with E-state index in [1.54, 1.807) is 0 Å². The van der Waals surface area contributed by atoms with Gasteiger partial charge in [-0.25, -0.2) is 0 Å². The molecule has 2 atom stereocenters. The van der Waals surface area contributed by atoms with E-state index < -0.39 is 0 Å². The molecule has 3 N–H and O–H groups in total. The number of H-pyrrole nitrogens is 1. The molecule has 176 valence electrons. The number of unbranched alkanes of at least 4 members (excludes halogenated alkanes) is 1. The number of hydrogen-bond donors (Lipinski definition) is 3. The van der Waals surface area contributed by atoms with Crippen LogP contribution in [0.3, 0.4) is 0 Å². The summed E-state index contributed by atoms with van der Waals surface area (Å²) >= 11 is 3.51. The van der Waals surface area contributed by atoms with Crippen molar-refractivity contribution >= 4 is 38.4 Å². The van der Waals surface area contributed by atoms with Gasteiger partial charge in [-0.15, -0.1) is 0 Å². The van der Waals surface area contributed by atoms with Crippen LogP contribution in [0.15, 0.2) is 46.9 Å². The molecule has 0 saturated carbocycles. The molecule has 0 bridgehead atoms. The minimum absolute atomic E-state index is 0.0983. The first-order valence-corrected chi connectivity index (χ1v) is 12.8. The highest BCUT2D eigenvalue weighted by atomic mass is 79.9. The molecule has 2 unspecified atom stereocenters. The van der Waals surface area contributed by atoms with Gasteiger partial charge in [0.1, 0.15) is 6.61 Å². The monoisotopic (exact) mass is 511 g/mol. The maximum Gasteiger partial charge on any atom is 0.250 e. The van der Waals surface area contributed by atoms with Crippen molar-refractivity contribution in [3.8, 4) is 0 Å². The Hall–Kier alpha value is -2.15. The summed E-state index contributed by atoms with van der Waals surface area (Å²) in [4.78, 5) is 15.8. The zero-order valence-electron chi connectivity index (χ0n) is 19.5. The van der Waals surface area contributed by atoms with Crippen LogP contribution in [0.2, 0.25) is 0 Å². The third-order valence-electron chi connectivity index (χ3n) is 6.53. The number of anilines is 1. The lowest BCUT2D eigenvalue weighted by molar-refractivity contribution is -0.120. The molecule has 6 heteroatoms. The first kappa shape index (κ1) is 24.0. The van der Waals surface area contributed by atoms with Gasteiger partial charge < -0.3 is 20.4 Å². The second-order valence-electron chi connectivity index (χ2n) is 9.09. The lowest BCUT2D eigenvalue weighted by Crippen LogP contribution is -2.29. The second-order valence-corrected chi connectivity index (χ2v) is 10.0. The molecule has 1 aliphatic carbocycles. The third-order valence-corrected chi connectivity index (χ3v) is 7.06. The number of aryl methyl sites for hydroxylation is 1. The van der Waals surface area contributed by atoms with E-state index in [1.807, 2.05) is 6.07 Å². The number of carbonyl (C=O) groups excluding carboxylic acids is 1. The van der Waals surface area contributed by atoms with Gasteiger partial charge in [0.2, 0.25) is 5.91 Å². The molecule has 1 aromatic heterocycles. The number of carbonyl (C=O) groups is 1. The number of nitrogens with one attached hydrogen (secondary N) is 3. The summed E-state index contributed by atoms with van der Waals surface area (Å²) < 4.78 is 6.55. The summed E-state index contributed by atoms with van der Waals surface area (Å²) in [5.74, 6) is 0.499. The Morgan fingerprint density at radius 3 is 2.85 bits per heavy atom. The van der Waals surface area contributed by atoms with Crippen molar-refractivity contribution < 1.29 is 9.53 Å². The van der Waals surface area contributed by atoms with Gasteiger partial charge in [0.25, 0.3) is 0 Å². The summed E-state index contributed by atoms with van der Waals surface area (Å²) in [5.41, 5.74) is 6.02. The summed E-state index contributed by atoms with van der Waals surface area (Å²) in [6.07, 6.45) is 5.34. The lowest BCUT2D eigenvalue weighted by atomic mass is 9.86. The SMILES string of the molecule is CCCCOCC(=O)Nc1ccc2[nH]c3c(c2c1)CC(CNC(C)c1ccc(Br)cc1)CC3. The maximum absolute atomic E-state index is 12.2. The topological polar surface area (TPSA) is 66.1 Å². The molecule has 4 rings (SSSR count). The zero-order valence-corrected chi connectivity index (χ0v) is 21.1. The Bertz CT molecular complexity index is 1080. The van der Waals surface area contributed by atoms with Gasteiger partial charge in [-0.1, -0.05) is 41.4 Å². The summed E-state index contributed by atoms with van der Waals surface area (Å²) in [7, 11) is 0. The first-order valence-electron chi connectivity index (χ1n) is 12.0. The Balaban J connectivity index is 1.37. The fraction of sp³-hybridized carbons (Fsp3) is 0.444. The minimum atomic E-state index is -0.0983. The molecule has 1 amide bonds. The second kappa shape index (κ2) is 11.3. The van der Waals surface area contributed by atoms with Crippen LogP contribution in [0, 0.1) is 5.92 Å². The number of fused-ring (bicyclic) bond motifs is 3. The number of amides is 1. The molecule has 2 aromatic carbocycles. The lowest BCUT2D eigenvalue weighted by Gasteiger charge is -2.25. The molecule has 0 spiro atoms. The van der Waals surface area contributed by atoms with E-state index in [9.17, 15) is 4.79 Å². The van der Waals surface area contributed by atoms with Crippen molar-refractivity contribution in [2.75, 3.05) is 25.1 Å². The average molecular weight is 512 g/mol. The van der Waals surface area contributed by atoms with E-state index in [0.29, 0.717) is 18.6 Å². The van der Waals surface area contributed by atoms with E-state index in [1.165, 1.54) is 28.6 Å². The number of ether oxygens (including phenoxy) is 1.